The van der Waals surface area contributed by atoms with Crippen molar-refractivity contribution in [3.63, 3.8) is 0 Å². The molecule has 0 saturated heterocycles. The molecule has 0 aliphatic carbocycles. The third-order valence-electron chi connectivity index (χ3n) is 1.62. The van der Waals surface area contributed by atoms with Crippen LogP contribution in [0.2, 0.25) is 5.15 Å². The standard InChI is InChI=1S/C9H14ClN3OS/c1-6(2)11-8(14)4-13(3)9-12-7(10)5-15-9/h5-6H,4H2,1-3H3,(H,11,14). The number of aromatic nitrogens is 1. The van der Waals surface area contributed by atoms with Gasteiger partial charge in [0.15, 0.2) is 5.13 Å². The van der Waals surface area contributed by atoms with Gasteiger partial charge < -0.3 is 10.2 Å². The van der Waals surface area contributed by atoms with Gasteiger partial charge in [0, 0.05) is 18.5 Å². The third-order valence-corrected chi connectivity index (χ3v) is 2.90. The number of halogens is 1. The molecule has 4 nitrogen and oxygen atoms in total. The first-order valence-electron chi connectivity index (χ1n) is 4.60. The Morgan fingerprint density at radius 3 is 2.87 bits per heavy atom. The summed E-state index contributed by atoms with van der Waals surface area (Å²) in [5.74, 6) is -0.0150. The molecule has 0 bridgehead atoms. The van der Waals surface area contributed by atoms with Crippen LogP contribution in [0.4, 0.5) is 5.13 Å². The summed E-state index contributed by atoms with van der Waals surface area (Å²) in [6.45, 7) is 4.15. The predicted molar refractivity (Wildman–Crippen MR) is 63.7 cm³/mol. The second kappa shape index (κ2) is 5.32. The lowest BCUT2D eigenvalue weighted by atomic mass is 10.4. The van der Waals surface area contributed by atoms with E-state index in [0.29, 0.717) is 11.7 Å². The van der Waals surface area contributed by atoms with E-state index in [9.17, 15) is 4.79 Å². The van der Waals surface area contributed by atoms with Gasteiger partial charge in [0.25, 0.3) is 0 Å². The van der Waals surface area contributed by atoms with Crippen molar-refractivity contribution in [3.8, 4) is 0 Å². The Balaban J connectivity index is 2.48. The van der Waals surface area contributed by atoms with E-state index in [1.165, 1.54) is 11.3 Å². The summed E-state index contributed by atoms with van der Waals surface area (Å²) in [4.78, 5) is 17.3. The predicted octanol–water partition coefficient (Wildman–Crippen LogP) is 1.76. The topological polar surface area (TPSA) is 45.2 Å². The second-order valence-corrected chi connectivity index (χ2v) is 4.75. The average Bonchev–Trinajstić information content (AvgIpc) is 2.49. The summed E-state index contributed by atoms with van der Waals surface area (Å²) in [7, 11) is 1.81. The number of anilines is 1. The van der Waals surface area contributed by atoms with Crippen LogP contribution >= 0.6 is 22.9 Å². The molecule has 0 atom stereocenters. The Morgan fingerprint density at radius 2 is 2.40 bits per heavy atom. The van der Waals surface area contributed by atoms with Crippen molar-refractivity contribution in [1.29, 1.82) is 0 Å². The van der Waals surface area contributed by atoms with Crippen molar-refractivity contribution in [1.82, 2.24) is 10.3 Å². The Bertz CT molecular complexity index is 340. The van der Waals surface area contributed by atoms with Crippen molar-refractivity contribution >= 4 is 34.0 Å². The number of carbonyl (C=O) groups is 1. The number of hydrogen-bond acceptors (Lipinski definition) is 4. The Labute approximate surface area is 98.3 Å². The number of hydrogen-bond donors (Lipinski definition) is 1. The number of amides is 1. The first-order chi connectivity index (χ1) is 6.99. The minimum atomic E-state index is -0.0150. The molecular weight excluding hydrogens is 234 g/mol. The van der Waals surface area contributed by atoms with Crippen molar-refractivity contribution in [3.05, 3.63) is 10.5 Å². The van der Waals surface area contributed by atoms with Gasteiger partial charge >= 0.3 is 0 Å². The van der Waals surface area contributed by atoms with Crippen molar-refractivity contribution in [2.24, 2.45) is 0 Å². The summed E-state index contributed by atoms with van der Waals surface area (Å²) in [6.07, 6.45) is 0. The van der Waals surface area contributed by atoms with E-state index in [-0.39, 0.29) is 11.9 Å². The lowest BCUT2D eigenvalue weighted by molar-refractivity contribution is -0.120. The van der Waals surface area contributed by atoms with E-state index < -0.39 is 0 Å². The van der Waals surface area contributed by atoms with E-state index in [2.05, 4.69) is 10.3 Å². The molecule has 0 fully saturated rings. The minimum absolute atomic E-state index is 0.0150. The van der Waals surface area contributed by atoms with Crippen molar-refractivity contribution in [2.45, 2.75) is 19.9 Å². The van der Waals surface area contributed by atoms with Crippen LogP contribution < -0.4 is 10.2 Å². The molecule has 0 unspecified atom stereocenters. The van der Waals surface area contributed by atoms with Crippen LogP contribution in [-0.2, 0) is 4.79 Å². The second-order valence-electron chi connectivity index (χ2n) is 3.53. The highest BCUT2D eigenvalue weighted by Gasteiger charge is 2.10. The molecule has 0 radical (unpaired) electrons. The molecule has 0 saturated carbocycles. The SMILES string of the molecule is CC(C)NC(=O)CN(C)c1nc(Cl)cs1. The highest BCUT2D eigenvalue weighted by Crippen LogP contribution is 2.21. The summed E-state index contributed by atoms with van der Waals surface area (Å²) in [5, 5.41) is 5.77. The highest BCUT2D eigenvalue weighted by atomic mass is 35.5. The molecule has 0 spiro atoms. The molecule has 1 heterocycles. The molecule has 1 aromatic rings. The molecule has 1 amide bonds. The molecule has 0 aliphatic heterocycles. The number of nitrogens with one attached hydrogen (secondary N) is 1. The third kappa shape index (κ3) is 4.05. The average molecular weight is 248 g/mol. The number of rotatable bonds is 4. The van der Waals surface area contributed by atoms with Crippen LogP contribution in [0, 0.1) is 0 Å². The van der Waals surface area contributed by atoms with Gasteiger partial charge in [-0.15, -0.1) is 11.3 Å². The van der Waals surface area contributed by atoms with Crippen LogP contribution in [0.25, 0.3) is 0 Å². The van der Waals surface area contributed by atoms with E-state index in [1.54, 1.807) is 10.3 Å². The summed E-state index contributed by atoms with van der Waals surface area (Å²) >= 11 is 7.12. The molecule has 1 rings (SSSR count). The first-order valence-corrected chi connectivity index (χ1v) is 5.86. The largest absolute Gasteiger partial charge is 0.352 e. The van der Waals surface area contributed by atoms with Gasteiger partial charge in [0.2, 0.25) is 5.91 Å². The van der Waals surface area contributed by atoms with Gasteiger partial charge in [-0.25, -0.2) is 4.98 Å². The Kier molecular flexibility index (Phi) is 4.35. The smallest absolute Gasteiger partial charge is 0.239 e. The molecule has 15 heavy (non-hydrogen) atoms. The van der Waals surface area contributed by atoms with Crippen LogP contribution in [-0.4, -0.2) is 30.5 Å². The number of likely N-dealkylation sites (N-methyl/N-ethyl adjacent to an activating group) is 1. The van der Waals surface area contributed by atoms with Crippen LogP contribution in [0.1, 0.15) is 13.8 Å². The lowest BCUT2D eigenvalue weighted by Gasteiger charge is -2.16. The molecule has 1 aromatic heterocycles. The fraction of sp³-hybridized carbons (Fsp3) is 0.556. The van der Waals surface area contributed by atoms with E-state index in [4.69, 9.17) is 11.6 Å². The quantitative estimate of drug-likeness (QED) is 0.882. The van der Waals surface area contributed by atoms with Gasteiger partial charge in [0.1, 0.15) is 5.15 Å². The van der Waals surface area contributed by atoms with E-state index in [1.807, 2.05) is 20.9 Å². The van der Waals surface area contributed by atoms with E-state index >= 15 is 0 Å². The zero-order valence-corrected chi connectivity index (χ0v) is 10.5. The maximum absolute atomic E-state index is 11.4. The molecule has 6 heteroatoms. The first kappa shape index (κ1) is 12.3. The van der Waals surface area contributed by atoms with Crippen LogP contribution in [0.15, 0.2) is 5.38 Å². The van der Waals surface area contributed by atoms with E-state index in [0.717, 1.165) is 5.13 Å². The van der Waals surface area contributed by atoms with Crippen molar-refractivity contribution < 1.29 is 4.79 Å². The van der Waals surface area contributed by atoms with Crippen LogP contribution in [0.5, 0.6) is 0 Å². The van der Waals surface area contributed by atoms with Gasteiger partial charge in [-0.1, -0.05) is 11.6 Å². The molecule has 1 N–H and O–H groups in total. The summed E-state index contributed by atoms with van der Waals surface area (Å²) < 4.78 is 0. The molecule has 0 aromatic carbocycles. The number of thiazole rings is 1. The molecular formula is C9H14ClN3OS. The normalized spacial score (nSPS) is 10.5. The minimum Gasteiger partial charge on any atom is -0.352 e. The maximum Gasteiger partial charge on any atom is 0.239 e. The van der Waals surface area contributed by atoms with Crippen molar-refractivity contribution in [2.75, 3.05) is 18.5 Å². The summed E-state index contributed by atoms with van der Waals surface area (Å²) in [6, 6.07) is 0.158. The van der Waals surface area contributed by atoms with Gasteiger partial charge in [-0.3, -0.25) is 4.79 Å². The number of nitrogens with zero attached hydrogens (tertiary/aromatic N) is 2. The van der Waals surface area contributed by atoms with Gasteiger partial charge in [-0.05, 0) is 13.8 Å². The van der Waals surface area contributed by atoms with Gasteiger partial charge in [0.05, 0.1) is 6.54 Å². The monoisotopic (exact) mass is 247 g/mol. The zero-order valence-electron chi connectivity index (χ0n) is 8.95. The fourth-order valence-electron chi connectivity index (χ4n) is 1.07. The molecule has 84 valence electrons. The Morgan fingerprint density at radius 1 is 1.73 bits per heavy atom. The Hall–Kier alpha value is -0.810. The lowest BCUT2D eigenvalue weighted by Crippen LogP contribution is -2.38. The summed E-state index contributed by atoms with van der Waals surface area (Å²) in [5.41, 5.74) is 0. The fourth-order valence-corrected chi connectivity index (χ4v) is 1.99. The van der Waals surface area contributed by atoms with Gasteiger partial charge in [-0.2, -0.15) is 0 Å². The molecule has 0 aliphatic rings. The maximum atomic E-state index is 11.4. The highest BCUT2D eigenvalue weighted by molar-refractivity contribution is 7.14. The van der Waals surface area contributed by atoms with Crippen LogP contribution in [0.3, 0.4) is 0 Å². The number of carbonyl (C=O) groups excluding carboxylic acids is 1. The zero-order chi connectivity index (χ0) is 11.4.